The van der Waals surface area contributed by atoms with Gasteiger partial charge in [0.1, 0.15) is 6.04 Å². The van der Waals surface area contributed by atoms with Crippen LogP contribution in [0, 0.1) is 6.92 Å². The Hall–Kier alpha value is -2.33. The van der Waals surface area contributed by atoms with Gasteiger partial charge in [-0.25, -0.2) is 0 Å². The molecule has 1 atom stereocenters. The number of halogens is 1. The van der Waals surface area contributed by atoms with Crippen LogP contribution in [0.25, 0.3) is 0 Å². The zero-order valence-electron chi connectivity index (χ0n) is 17.9. The van der Waals surface area contributed by atoms with E-state index in [-0.39, 0.29) is 24.3 Å². The van der Waals surface area contributed by atoms with E-state index in [0.29, 0.717) is 18.0 Å². The van der Waals surface area contributed by atoms with Crippen LogP contribution >= 0.6 is 11.6 Å². The molecule has 0 radical (unpaired) electrons. The molecule has 4 nitrogen and oxygen atoms in total. The van der Waals surface area contributed by atoms with Gasteiger partial charge in [0.25, 0.3) is 0 Å². The first-order valence-corrected chi connectivity index (χ1v) is 11.2. The van der Waals surface area contributed by atoms with Gasteiger partial charge in [-0.15, -0.1) is 0 Å². The number of benzene rings is 2. The molecular formula is C25H31ClN2O2. The van der Waals surface area contributed by atoms with E-state index in [4.69, 9.17) is 11.6 Å². The minimum absolute atomic E-state index is 0.0440. The summed E-state index contributed by atoms with van der Waals surface area (Å²) in [4.78, 5) is 28.3. The number of hydrogen-bond donors (Lipinski definition) is 1. The van der Waals surface area contributed by atoms with Crippen molar-refractivity contribution in [1.82, 2.24) is 10.2 Å². The molecule has 5 heteroatoms. The zero-order chi connectivity index (χ0) is 21.5. The van der Waals surface area contributed by atoms with Crippen molar-refractivity contribution in [2.45, 2.75) is 71.0 Å². The summed E-state index contributed by atoms with van der Waals surface area (Å²) in [5.41, 5.74) is 3.03. The summed E-state index contributed by atoms with van der Waals surface area (Å²) in [6.45, 7) is 4.42. The second kappa shape index (κ2) is 10.6. The van der Waals surface area contributed by atoms with Crippen molar-refractivity contribution in [3.05, 3.63) is 70.2 Å². The second-order valence-electron chi connectivity index (χ2n) is 8.17. The molecule has 160 valence electrons. The van der Waals surface area contributed by atoms with Crippen LogP contribution in [0.1, 0.15) is 55.7 Å². The maximum Gasteiger partial charge on any atom is 0.243 e. The van der Waals surface area contributed by atoms with Crippen LogP contribution in [-0.2, 0) is 22.6 Å². The van der Waals surface area contributed by atoms with Gasteiger partial charge >= 0.3 is 0 Å². The summed E-state index contributed by atoms with van der Waals surface area (Å²) in [6, 6.07) is 15.1. The molecule has 3 rings (SSSR count). The van der Waals surface area contributed by atoms with Gasteiger partial charge in [0.15, 0.2) is 0 Å². The third kappa shape index (κ3) is 5.85. The van der Waals surface area contributed by atoms with Crippen LogP contribution in [0.3, 0.4) is 0 Å². The van der Waals surface area contributed by atoms with Gasteiger partial charge in [-0.2, -0.15) is 0 Å². The van der Waals surface area contributed by atoms with Crippen molar-refractivity contribution >= 4 is 23.4 Å². The van der Waals surface area contributed by atoms with Crippen LogP contribution in [-0.4, -0.2) is 28.8 Å². The SMILES string of the molecule is CC[C@H](C(=O)NC1CCCC1)N(Cc1ccccc1C)C(=O)Cc1cccc(Cl)c1. The van der Waals surface area contributed by atoms with E-state index in [1.807, 2.05) is 56.3 Å². The molecule has 0 heterocycles. The van der Waals surface area contributed by atoms with Crippen LogP contribution in [0.5, 0.6) is 0 Å². The Morgan fingerprint density at radius 1 is 1.13 bits per heavy atom. The lowest BCUT2D eigenvalue weighted by Gasteiger charge is -2.32. The quantitative estimate of drug-likeness (QED) is 0.641. The van der Waals surface area contributed by atoms with E-state index in [9.17, 15) is 9.59 Å². The highest BCUT2D eigenvalue weighted by Crippen LogP contribution is 2.21. The number of nitrogens with zero attached hydrogens (tertiary/aromatic N) is 1. The minimum atomic E-state index is -0.489. The number of hydrogen-bond acceptors (Lipinski definition) is 2. The molecule has 1 aliphatic carbocycles. The average Bonchev–Trinajstić information content (AvgIpc) is 3.22. The number of aryl methyl sites for hydroxylation is 1. The fourth-order valence-corrected chi connectivity index (χ4v) is 4.39. The van der Waals surface area contributed by atoms with Gasteiger partial charge in [0.05, 0.1) is 6.42 Å². The summed E-state index contributed by atoms with van der Waals surface area (Å²) in [5, 5.41) is 3.79. The molecular weight excluding hydrogens is 396 g/mol. The third-order valence-corrected chi connectivity index (χ3v) is 6.17. The molecule has 0 aliphatic heterocycles. The molecule has 0 bridgehead atoms. The summed E-state index contributed by atoms with van der Waals surface area (Å²) in [5.74, 6) is -0.105. The van der Waals surface area contributed by atoms with Gasteiger partial charge in [0.2, 0.25) is 11.8 Å². The molecule has 1 saturated carbocycles. The Morgan fingerprint density at radius 3 is 2.53 bits per heavy atom. The lowest BCUT2D eigenvalue weighted by atomic mass is 10.0. The maximum atomic E-state index is 13.4. The molecule has 0 saturated heterocycles. The van der Waals surface area contributed by atoms with Crippen LogP contribution < -0.4 is 5.32 Å². The summed E-state index contributed by atoms with van der Waals surface area (Å²) in [6.07, 6.45) is 5.16. The van der Waals surface area contributed by atoms with Gasteiger partial charge in [-0.3, -0.25) is 9.59 Å². The average molecular weight is 427 g/mol. The van der Waals surface area contributed by atoms with E-state index in [0.717, 1.165) is 42.4 Å². The first-order chi connectivity index (χ1) is 14.5. The van der Waals surface area contributed by atoms with Crippen molar-refractivity contribution < 1.29 is 9.59 Å². The molecule has 1 aliphatic rings. The van der Waals surface area contributed by atoms with E-state index >= 15 is 0 Å². The van der Waals surface area contributed by atoms with E-state index in [2.05, 4.69) is 5.32 Å². The van der Waals surface area contributed by atoms with Gasteiger partial charge in [-0.1, -0.05) is 67.8 Å². The van der Waals surface area contributed by atoms with Crippen molar-refractivity contribution in [2.75, 3.05) is 0 Å². The number of nitrogens with one attached hydrogen (secondary N) is 1. The lowest BCUT2D eigenvalue weighted by molar-refractivity contribution is -0.141. The van der Waals surface area contributed by atoms with Crippen molar-refractivity contribution in [1.29, 1.82) is 0 Å². The van der Waals surface area contributed by atoms with Crippen molar-refractivity contribution in [2.24, 2.45) is 0 Å². The molecule has 0 aromatic heterocycles. The zero-order valence-corrected chi connectivity index (χ0v) is 18.6. The third-order valence-electron chi connectivity index (χ3n) is 5.93. The van der Waals surface area contributed by atoms with Crippen molar-refractivity contribution in [3.8, 4) is 0 Å². The summed E-state index contributed by atoms with van der Waals surface area (Å²) in [7, 11) is 0. The second-order valence-corrected chi connectivity index (χ2v) is 8.61. The van der Waals surface area contributed by atoms with E-state index in [1.165, 1.54) is 0 Å². The predicted molar refractivity (Wildman–Crippen MR) is 121 cm³/mol. The Labute approximate surface area is 184 Å². The highest BCUT2D eigenvalue weighted by Gasteiger charge is 2.30. The Morgan fingerprint density at radius 2 is 1.87 bits per heavy atom. The Bertz CT molecular complexity index is 877. The number of carbonyl (C=O) groups excluding carboxylic acids is 2. The highest BCUT2D eigenvalue weighted by molar-refractivity contribution is 6.30. The predicted octanol–water partition coefficient (Wildman–Crippen LogP) is 5.06. The highest BCUT2D eigenvalue weighted by atomic mass is 35.5. The molecule has 2 amide bonds. The van der Waals surface area contributed by atoms with Gasteiger partial charge in [0, 0.05) is 17.6 Å². The van der Waals surface area contributed by atoms with Gasteiger partial charge < -0.3 is 10.2 Å². The molecule has 0 unspecified atom stereocenters. The molecule has 1 N–H and O–H groups in total. The Balaban J connectivity index is 1.83. The van der Waals surface area contributed by atoms with Gasteiger partial charge in [-0.05, 0) is 55.0 Å². The van der Waals surface area contributed by atoms with Crippen LogP contribution in [0.15, 0.2) is 48.5 Å². The molecule has 1 fully saturated rings. The fraction of sp³-hybridized carbons (Fsp3) is 0.440. The number of amides is 2. The normalized spacial score (nSPS) is 15.0. The van der Waals surface area contributed by atoms with Crippen LogP contribution in [0.2, 0.25) is 5.02 Å². The number of rotatable bonds is 8. The Kier molecular flexibility index (Phi) is 7.92. The number of carbonyl (C=O) groups is 2. The topological polar surface area (TPSA) is 49.4 Å². The first-order valence-electron chi connectivity index (χ1n) is 10.9. The van der Waals surface area contributed by atoms with Crippen molar-refractivity contribution in [3.63, 3.8) is 0 Å². The minimum Gasteiger partial charge on any atom is -0.352 e. The van der Waals surface area contributed by atoms with E-state index < -0.39 is 6.04 Å². The fourth-order valence-electron chi connectivity index (χ4n) is 4.18. The standard InChI is InChI=1S/C25H31ClN2O2/c1-3-23(25(30)27-22-13-6-7-14-22)28(17-20-11-5-4-9-18(20)2)24(29)16-19-10-8-12-21(26)15-19/h4-5,8-12,15,22-23H,3,6-7,13-14,16-17H2,1-2H3,(H,27,30)/t23-/m1/s1. The lowest BCUT2D eigenvalue weighted by Crippen LogP contribution is -2.51. The molecule has 2 aromatic carbocycles. The summed E-state index contributed by atoms with van der Waals surface area (Å²) >= 11 is 6.10. The molecule has 2 aromatic rings. The first kappa shape index (κ1) is 22.4. The maximum absolute atomic E-state index is 13.4. The monoisotopic (exact) mass is 426 g/mol. The summed E-state index contributed by atoms with van der Waals surface area (Å²) < 4.78 is 0. The molecule has 30 heavy (non-hydrogen) atoms. The molecule has 0 spiro atoms. The smallest absolute Gasteiger partial charge is 0.243 e. The van der Waals surface area contributed by atoms with Crippen LogP contribution in [0.4, 0.5) is 0 Å². The van der Waals surface area contributed by atoms with E-state index in [1.54, 1.807) is 11.0 Å². The largest absolute Gasteiger partial charge is 0.352 e.